The molecule has 0 amide bonds. The maximum absolute atomic E-state index is 10.1. The minimum absolute atomic E-state index is 0.753. The number of hydrogen-bond acceptors (Lipinski definition) is 3. The van der Waals surface area contributed by atoms with Gasteiger partial charge in [-0.2, -0.15) is 0 Å². The molecule has 0 bridgehead atoms. The summed E-state index contributed by atoms with van der Waals surface area (Å²) >= 11 is 7.94. The van der Waals surface area contributed by atoms with Crippen LogP contribution in [0.3, 0.4) is 0 Å². The van der Waals surface area contributed by atoms with Gasteiger partial charge in [0.25, 0.3) is 0 Å². The minimum atomic E-state index is -1.01. The van der Waals surface area contributed by atoms with Crippen molar-refractivity contribution in [2.24, 2.45) is 0 Å². The normalized spacial score (nSPS) is 16.3. The SMILES string of the molecule is CC(C)(O)C(C)(Cl)c1nc2ccccc2s1. The average molecular weight is 256 g/mol. The molecule has 0 aliphatic rings. The van der Waals surface area contributed by atoms with Crippen LogP contribution in [-0.2, 0) is 4.87 Å². The van der Waals surface area contributed by atoms with Crippen molar-refractivity contribution in [3.63, 3.8) is 0 Å². The van der Waals surface area contributed by atoms with Gasteiger partial charge in [0.2, 0.25) is 0 Å². The van der Waals surface area contributed by atoms with Crippen molar-refractivity contribution in [3.8, 4) is 0 Å². The number of aliphatic hydroxyl groups is 1. The van der Waals surface area contributed by atoms with Gasteiger partial charge in [0.15, 0.2) is 0 Å². The van der Waals surface area contributed by atoms with Gasteiger partial charge in [-0.25, -0.2) is 4.98 Å². The Kier molecular flexibility index (Phi) is 2.73. The molecule has 0 aliphatic carbocycles. The van der Waals surface area contributed by atoms with Crippen LogP contribution in [0.1, 0.15) is 25.8 Å². The molecule has 0 spiro atoms. The lowest BCUT2D eigenvalue weighted by Gasteiger charge is -2.32. The lowest BCUT2D eigenvalue weighted by molar-refractivity contribution is 0.0380. The standard InChI is InChI=1S/C12H14ClNOS/c1-11(2,15)12(3,13)10-14-8-6-4-5-7-9(8)16-10/h4-7,15H,1-3H3. The highest BCUT2D eigenvalue weighted by atomic mass is 35.5. The Morgan fingerprint density at radius 1 is 1.25 bits per heavy atom. The van der Waals surface area contributed by atoms with E-state index in [1.165, 1.54) is 11.3 Å². The molecule has 1 aromatic carbocycles. The van der Waals surface area contributed by atoms with Crippen molar-refractivity contribution in [1.29, 1.82) is 0 Å². The number of alkyl halides is 1. The van der Waals surface area contributed by atoms with E-state index in [-0.39, 0.29) is 0 Å². The Balaban J connectivity index is 2.56. The van der Waals surface area contributed by atoms with Crippen molar-refractivity contribution >= 4 is 33.2 Å². The van der Waals surface area contributed by atoms with E-state index >= 15 is 0 Å². The Morgan fingerprint density at radius 3 is 2.44 bits per heavy atom. The lowest BCUT2D eigenvalue weighted by Crippen LogP contribution is -2.40. The monoisotopic (exact) mass is 255 g/mol. The van der Waals surface area contributed by atoms with Crippen molar-refractivity contribution in [1.82, 2.24) is 4.98 Å². The number of hydrogen-bond donors (Lipinski definition) is 1. The third kappa shape index (κ3) is 1.83. The van der Waals surface area contributed by atoms with E-state index in [1.807, 2.05) is 24.3 Å². The van der Waals surface area contributed by atoms with E-state index in [2.05, 4.69) is 4.98 Å². The van der Waals surface area contributed by atoms with E-state index in [4.69, 9.17) is 11.6 Å². The van der Waals surface area contributed by atoms with E-state index in [1.54, 1.807) is 20.8 Å². The van der Waals surface area contributed by atoms with Crippen LogP contribution in [0.5, 0.6) is 0 Å². The highest BCUT2D eigenvalue weighted by Crippen LogP contribution is 2.42. The van der Waals surface area contributed by atoms with E-state index in [0.717, 1.165) is 15.2 Å². The van der Waals surface area contributed by atoms with E-state index < -0.39 is 10.5 Å². The Labute approximate surface area is 104 Å². The molecule has 0 radical (unpaired) electrons. The van der Waals surface area contributed by atoms with Crippen LogP contribution in [-0.4, -0.2) is 15.7 Å². The number of aromatic nitrogens is 1. The van der Waals surface area contributed by atoms with Crippen LogP contribution in [0.2, 0.25) is 0 Å². The molecule has 2 aromatic rings. The van der Waals surface area contributed by atoms with E-state index in [0.29, 0.717) is 0 Å². The summed E-state index contributed by atoms with van der Waals surface area (Å²) in [6.45, 7) is 5.20. The summed E-state index contributed by atoms with van der Waals surface area (Å²) in [6, 6.07) is 7.88. The maximum Gasteiger partial charge on any atom is 0.121 e. The van der Waals surface area contributed by atoms with Crippen LogP contribution in [0.4, 0.5) is 0 Å². The first-order valence-electron chi connectivity index (χ1n) is 5.10. The number of benzene rings is 1. The average Bonchev–Trinajstić information content (AvgIpc) is 2.59. The van der Waals surface area contributed by atoms with Crippen molar-refractivity contribution < 1.29 is 5.11 Å². The molecular weight excluding hydrogens is 242 g/mol. The molecule has 1 heterocycles. The summed E-state index contributed by atoms with van der Waals surface area (Å²) in [5.74, 6) is 0. The van der Waals surface area contributed by atoms with Crippen molar-refractivity contribution in [3.05, 3.63) is 29.3 Å². The Morgan fingerprint density at radius 2 is 1.88 bits per heavy atom. The number of thiazole rings is 1. The zero-order valence-electron chi connectivity index (χ0n) is 9.49. The van der Waals surface area contributed by atoms with Gasteiger partial charge in [-0.05, 0) is 32.9 Å². The van der Waals surface area contributed by atoms with Gasteiger partial charge in [0.05, 0.1) is 15.8 Å². The van der Waals surface area contributed by atoms with Gasteiger partial charge in [0, 0.05) is 0 Å². The van der Waals surface area contributed by atoms with Crippen molar-refractivity contribution in [2.45, 2.75) is 31.2 Å². The fraction of sp³-hybridized carbons (Fsp3) is 0.417. The quantitative estimate of drug-likeness (QED) is 0.833. The molecule has 0 saturated heterocycles. The zero-order valence-corrected chi connectivity index (χ0v) is 11.1. The second kappa shape index (κ2) is 3.69. The first-order chi connectivity index (χ1) is 7.32. The zero-order chi connectivity index (χ0) is 12.0. The smallest absolute Gasteiger partial charge is 0.121 e. The van der Waals surface area contributed by atoms with Gasteiger partial charge in [-0.1, -0.05) is 12.1 Å². The number of halogens is 1. The van der Waals surface area contributed by atoms with Crippen LogP contribution >= 0.6 is 22.9 Å². The highest BCUT2D eigenvalue weighted by molar-refractivity contribution is 7.18. The van der Waals surface area contributed by atoms with Gasteiger partial charge in [-0.3, -0.25) is 0 Å². The molecule has 0 fully saturated rings. The summed E-state index contributed by atoms with van der Waals surface area (Å²) in [6.07, 6.45) is 0. The number of fused-ring (bicyclic) bond motifs is 1. The largest absolute Gasteiger partial charge is 0.388 e. The number of rotatable bonds is 2. The van der Waals surface area contributed by atoms with Gasteiger partial charge in [-0.15, -0.1) is 22.9 Å². The molecule has 1 aromatic heterocycles. The van der Waals surface area contributed by atoms with Crippen LogP contribution in [0.15, 0.2) is 24.3 Å². The molecule has 0 saturated carbocycles. The summed E-state index contributed by atoms with van der Waals surface area (Å²) in [7, 11) is 0. The molecular formula is C12H14ClNOS. The summed E-state index contributed by atoms with van der Waals surface area (Å²) in [5, 5.41) is 10.8. The summed E-state index contributed by atoms with van der Waals surface area (Å²) in [4.78, 5) is 3.61. The predicted octanol–water partition coefficient (Wildman–Crippen LogP) is 3.52. The summed E-state index contributed by atoms with van der Waals surface area (Å²) < 4.78 is 1.09. The first-order valence-corrected chi connectivity index (χ1v) is 6.29. The molecule has 2 rings (SSSR count). The van der Waals surface area contributed by atoms with Gasteiger partial charge >= 0.3 is 0 Å². The third-order valence-electron chi connectivity index (χ3n) is 2.84. The molecule has 0 aliphatic heterocycles. The Hall–Kier alpha value is -0.640. The molecule has 1 atom stereocenters. The Bertz CT molecular complexity index is 480. The molecule has 86 valence electrons. The maximum atomic E-state index is 10.1. The second-order valence-corrected chi connectivity index (χ2v) is 6.34. The molecule has 2 nitrogen and oxygen atoms in total. The predicted molar refractivity (Wildman–Crippen MR) is 69.1 cm³/mol. The van der Waals surface area contributed by atoms with Crippen LogP contribution < -0.4 is 0 Å². The lowest BCUT2D eigenvalue weighted by atomic mass is 9.92. The highest BCUT2D eigenvalue weighted by Gasteiger charge is 2.42. The number of nitrogens with zero attached hydrogens (tertiary/aromatic N) is 1. The number of para-hydroxylation sites is 1. The molecule has 16 heavy (non-hydrogen) atoms. The van der Waals surface area contributed by atoms with Crippen LogP contribution in [0.25, 0.3) is 10.2 Å². The minimum Gasteiger partial charge on any atom is -0.388 e. The third-order valence-corrected chi connectivity index (χ3v) is 4.86. The molecule has 1 unspecified atom stereocenters. The summed E-state index contributed by atoms with van der Waals surface area (Å²) in [5.41, 5.74) is -0.0822. The molecule has 4 heteroatoms. The van der Waals surface area contributed by atoms with Gasteiger partial charge in [0.1, 0.15) is 9.88 Å². The second-order valence-electron chi connectivity index (χ2n) is 4.55. The first kappa shape index (κ1) is 11.8. The van der Waals surface area contributed by atoms with Crippen molar-refractivity contribution in [2.75, 3.05) is 0 Å². The topological polar surface area (TPSA) is 33.1 Å². The van der Waals surface area contributed by atoms with Gasteiger partial charge < -0.3 is 5.11 Å². The van der Waals surface area contributed by atoms with Crippen LogP contribution in [0, 0.1) is 0 Å². The van der Waals surface area contributed by atoms with E-state index in [9.17, 15) is 5.11 Å². The molecule has 1 N–H and O–H groups in total. The fourth-order valence-corrected chi connectivity index (χ4v) is 2.65. The fourth-order valence-electron chi connectivity index (χ4n) is 1.33.